The molecule has 0 bridgehead atoms. The summed E-state index contributed by atoms with van der Waals surface area (Å²) in [5.74, 6) is -6.79. The van der Waals surface area contributed by atoms with Gasteiger partial charge in [-0.15, -0.1) is 0 Å². The number of carboxylic acids is 1. The van der Waals surface area contributed by atoms with Crippen LogP contribution in [0.5, 0.6) is 0 Å². The zero-order valence-corrected chi connectivity index (χ0v) is 51.2. The molecule has 12 atom stereocenters. The molecule has 5 amide bonds. The number of amides is 5. The maximum Gasteiger partial charge on any atom is 0.364 e. The summed E-state index contributed by atoms with van der Waals surface area (Å²) in [5, 5.41) is 89.9. The molecule has 89 heavy (non-hydrogen) atoms. The van der Waals surface area contributed by atoms with E-state index in [-0.39, 0.29) is 56.3 Å². The van der Waals surface area contributed by atoms with E-state index in [0.717, 1.165) is 29.2 Å². The highest BCUT2D eigenvalue weighted by molar-refractivity contribution is 7.99. The Hall–Kier alpha value is -6.66. The monoisotopic (exact) mass is 1280 g/mol. The van der Waals surface area contributed by atoms with Gasteiger partial charge in [0.05, 0.1) is 49.7 Å². The maximum atomic E-state index is 13.0. The van der Waals surface area contributed by atoms with Gasteiger partial charge in [-0.25, -0.2) is 4.79 Å². The summed E-state index contributed by atoms with van der Waals surface area (Å²) in [6.07, 6.45) is -12.3. The molecular formula is C63H81N5O19S2. The van der Waals surface area contributed by atoms with Crippen molar-refractivity contribution < 1.29 is 93.0 Å². The molecular weight excluding hydrogens is 1190 g/mol. The summed E-state index contributed by atoms with van der Waals surface area (Å²) in [5.41, 5.74) is 4.25. The van der Waals surface area contributed by atoms with E-state index in [0.29, 0.717) is 54.1 Å². The largest absolute Gasteiger partial charge is 0.477 e. The Kier molecular flexibility index (Phi) is 28.6. The SMILES string of the molecule is CC(=O)N[C@@H]1[C@H]([C@H](O)[C@@H](O)CNC(=O)c2ccc(-c3ccccc3)cc2)O[C@@](OCCCSCCC(=O)NCCCC(=O)CCSCCCO[C@]2(C=O)C[C@H](O)[C@@H](NC(C)=O)[C@H]([C@H](O)[C@H](O)CNC(=O)c3ccc(-c4ccccc4)cc3)O2)(C(=O)O)C[C@H]1O. The fraction of sp³-hybridized carbons (Fsp3) is 0.492. The second-order valence-corrected chi connectivity index (χ2v) is 24.1. The number of carbonyl (C=O) groups is 8. The Bertz CT molecular complexity index is 2940. The van der Waals surface area contributed by atoms with E-state index in [4.69, 9.17) is 18.9 Å². The molecule has 6 rings (SSSR count). The van der Waals surface area contributed by atoms with Crippen LogP contribution in [0.25, 0.3) is 22.3 Å². The number of ether oxygens (including phenoxy) is 4. The summed E-state index contributed by atoms with van der Waals surface area (Å²) >= 11 is 2.87. The average molecular weight is 1280 g/mol. The lowest BCUT2D eigenvalue weighted by Gasteiger charge is -2.46. The van der Waals surface area contributed by atoms with E-state index in [1.165, 1.54) is 30.4 Å². The van der Waals surface area contributed by atoms with Crippen molar-refractivity contribution in [2.75, 3.05) is 55.9 Å². The summed E-state index contributed by atoms with van der Waals surface area (Å²) < 4.78 is 23.3. The molecule has 484 valence electrons. The number of ketones is 1. The number of carboxylic acid groups (broad SMARTS) is 1. The van der Waals surface area contributed by atoms with E-state index in [9.17, 15) is 74.1 Å². The van der Waals surface area contributed by atoms with Crippen LogP contribution in [0.4, 0.5) is 0 Å². The molecule has 2 heterocycles. The Balaban J connectivity index is 0.826. The van der Waals surface area contributed by atoms with Crippen LogP contribution < -0.4 is 26.6 Å². The second-order valence-electron chi connectivity index (χ2n) is 21.7. The molecule has 12 N–H and O–H groups in total. The Morgan fingerprint density at radius 2 is 1.02 bits per heavy atom. The van der Waals surface area contributed by atoms with Crippen LogP contribution in [-0.2, 0) is 47.7 Å². The number of Topliss-reactive ketones (excluding diaryl/α,β-unsaturated/α-hetero) is 1. The van der Waals surface area contributed by atoms with Crippen molar-refractivity contribution in [3.8, 4) is 22.3 Å². The molecule has 0 radical (unpaired) electrons. The third-order valence-electron chi connectivity index (χ3n) is 14.8. The zero-order valence-electron chi connectivity index (χ0n) is 49.6. The van der Waals surface area contributed by atoms with Crippen LogP contribution in [0.1, 0.15) is 85.9 Å². The van der Waals surface area contributed by atoms with E-state index >= 15 is 0 Å². The number of aldehydes is 1. The predicted octanol–water partition coefficient (Wildman–Crippen LogP) is 2.13. The van der Waals surface area contributed by atoms with Crippen LogP contribution in [0.15, 0.2) is 109 Å². The van der Waals surface area contributed by atoms with Gasteiger partial charge in [-0.05, 0) is 77.3 Å². The smallest absolute Gasteiger partial charge is 0.364 e. The summed E-state index contributed by atoms with van der Waals surface area (Å²) in [7, 11) is 0. The Morgan fingerprint density at radius 3 is 1.49 bits per heavy atom. The van der Waals surface area contributed by atoms with E-state index in [1.54, 1.807) is 48.5 Å². The summed E-state index contributed by atoms with van der Waals surface area (Å²) in [4.78, 5) is 100. The first-order valence-corrected chi connectivity index (χ1v) is 31.7. The van der Waals surface area contributed by atoms with Crippen molar-refractivity contribution in [3.63, 3.8) is 0 Å². The molecule has 2 fully saturated rings. The molecule has 0 spiro atoms. The van der Waals surface area contributed by atoms with Crippen molar-refractivity contribution >= 4 is 71.1 Å². The number of nitrogens with one attached hydrogen (secondary N) is 5. The quantitative estimate of drug-likeness (QED) is 0.0229. The molecule has 2 aliphatic rings. The van der Waals surface area contributed by atoms with Crippen LogP contribution in [-0.4, -0.2) is 212 Å². The number of aliphatic hydroxyl groups excluding tert-OH is 6. The Morgan fingerprint density at radius 1 is 0.573 bits per heavy atom. The van der Waals surface area contributed by atoms with E-state index in [2.05, 4.69) is 26.6 Å². The van der Waals surface area contributed by atoms with Gasteiger partial charge in [0.15, 0.2) is 6.29 Å². The molecule has 4 aromatic rings. The van der Waals surface area contributed by atoms with Crippen LogP contribution >= 0.6 is 23.5 Å². The van der Waals surface area contributed by atoms with Crippen molar-refractivity contribution in [2.45, 2.75) is 138 Å². The van der Waals surface area contributed by atoms with Gasteiger partial charge in [0.1, 0.15) is 30.2 Å². The van der Waals surface area contributed by atoms with Gasteiger partial charge in [0.25, 0.3) is 17.6 Å². The topological polar surface area (TPSA) is 375 Å². The van der Waals surface area contributed by atoms with Gasteiger partial charge in [-0.3, -0.25) is 33.6 Å². The predicted molar refractivity (Wildman–Crippen MR) is 330 cm³/mol. The number of rotatable bonds is 36. The molecule has 26 heteroatoms. The first-order valence-electron chi connectivity index (χ1n) is 29.4. The third kappa shape index (κ3) is 21.8. The molecule has 24 nitrogen and oxygen atoms in total. The van der Waals surface area contributed by atoms with Gasteiger partial charge in [0, 0.05) is 88.2 Å². The van der Waals surface area contributed by atoms with Gasteiger partial charge < -0.3 is 81.3 Å². The highest BCUT2D eigenvalue weighted by atomic mass is 32.2. The summed E-state index contributed by atoms with van der Waals surface area (Å²) in [6, 6.07) is 29.9. The van der Waals surface area contributed by atoms with Crippen molar-refractivity contribution in [3.05, 3.63) is 120 Å². The fourth-order valence-electron chi connectivity index (χ4n) is 10.1. The molecule has 4 aromatic carbocycles. The highest BCUT2D eigenvalue weighted by Crippen LogP contribution is 2.35. The number of aliphatic hydroxyl groups is 6. The summed E-state index contributed by atoms with van der Waals surface area (Å²) in [6.45, 7) is 1.48. The van der Waals surface area contributed by atoms with Crippen molar-refractivity contribution in [1.29, 1.82) is 0 Å². The Labute approximate surface area is 524 Å². The minimum absolute atomic E-state index is 0.000238. The van der Waals surface area contributed by atoms with Crippen LogP contribution in [0.3, 0.4) is 0 Å². The molecule has 0 aromatic heterocycles. The minimum Gasteiger partial charge on any atom is -0.477 e. The lowest BCUT2D eigenvalue weighted by atomic mass is 9.88. The standard InChI is InChI=1S/C63H81N5O19S2/c1-39(70)67-53-48(73)34-62(38-69,86-57(53)55(78)50(75)36-65-59(80)45-21-17-43(18-22-45)41-12-5-3-6-13-41)84-28-10-30-88-32-25-47(72)16-9-27-64-52(77)26-33-89-31-11-29-85-63(61(82)83)35-49(74)54(68-40(2)71)58(87-63)56(79)51(76)37-66-60(81)46-23-19-44(20-24-46)42-14-7-4-8-15-42/h3-8,12-15,17-24,38,48-51,53-58,73-76,78-79H,9-11,16,25-37H2,1-2H3,(H,64,77)(H,65,80)(H,66,81)(H,67,70)(H,68,71)(H,82,83)/t48-,49+,50+,51-,53+,54-,55+,56+,57+,58+,62+,63+/m0/s1. The highest BCUT2D eigenvalue weighted by Gasteiger charge is 2.56. The number of hydrogen-bond donors (Lipinski definition) is 12. The lowest BCUT2D eigenvalue weighted by Crippen LogP contribution is -2.68. The lowest BCUT2D eigenvalue weighted by molar-refractivity contribution is -0.310. The van der Waals surface area contributed by atoms with Gasteiger partial charge in [0.2, 0.25) is 23.5 Å². The zero-order chi connectivity index (χ0) is 64.5. The van der Waals surface area contributed by atoms with Crippen molar-refractivity contribution in [2.24, 2.45) is 0 Å². The van der Waals surface area contributed by atoms with E-state index < -0.39 is 128 Å². The van der Waals surface area contributed by atoms with E-state index in [1.807, 2.05) is 60.7 Å². The second kappa shape index (κ2) is 35.7. The maximum absolute atomic E-state index is 13.0. The normalized spacial score (nSPS) is 22.9. The van der Waals surface area contributed by atoms with Crippen molar-refractivity contribution in [1.82, 2.24) is 26.6 Å². The number of thioether (sulfide) groups is 2. The number of aliphatic carboxylic acids is 1. The molecule has 2 saturated heterocycles. The minimum atomic E-state index is -2.48. The molecule has 2 aliphatic heterocycles. The van der Waals surface area contributed by atoms with Gasteiger partial charge in [-0.2, -0.15) is 23.5 Å². The van der Waals surface area contributed by atoms with Crippen LogP contribution in [0.2, 0.25) is 0 Å². The molecule has 0 aliphatic carbocycles. The first kappa shape index (κ1) is 71.4. The average Bonchev–Trinajstić information content (AvgIpc) is 0.869. The fourth-order valence-corrected chi connectivity index (χ4v) is 11.8. The van der Waals surface area contributed by atoms with Crippen LogP contribution in [0, 0.1) is 0 Å². The number of benzene rings is 4. The molecule has 0 unspecified atom stereocenters. The van der Waals surface area contributed by atoms with Gasteiger partial charge in [-0.1, -0.05) is 84.9 Å². The number of hydrogen-bond acceptors (Lipinski definition) is 20. The molecule has 0 saturated carbocycles. The first-order chi connectivity index (χ1) is 42.6. The van der Waals surface area contributed by atoms with Gasteiger partial charge >= 0.3 is 5.97 Å². The third-order valence-corrected chi connectivity index (χ3v) is 17.0. The number of carbonyl (C=O) groups excluding carboxylic acids is 7.